The van der Waals surface area contributed by atoms with Crippen molar-refractivity contribution in [3.63, 3.8) is 0 Å². The summed E-state index contributed by atoms with van der Waals surface area (Å²) >= 11 is 3.43. The maximum atomic E-state index is 10.9. The first-order valence-electron chi connectivity index (χ1n) is 4.70. The molecule has 0 aliphatic heterocycles. The van der Waals surface area contributed by atoms with E-state index in [0.717, 1.165) is 19.3 Å². The van der Waals surface area contributed by atoms with E-state index in [4.69, 9.17) is 5.11 Å². The van der Waals surface area contributed by atoms with Gasteiger partial charge in [0.25, 0.3) is 0 Å². The Morgan fingerprint density at radius 3 is 3.07 bits per heavy atom. The van der Waals surface area contributed by atoms with Gasteiger partial charge < -0.3 is 5.11 Å². The number of aliphatic carboxylic acids is 1. The van der Waals surface area contributed by atoms with Crippen LogP contribution >= 0.6 is 23.1 Å². The minimum atomic E-state index is -0.628. The number of carbonyl (C=O) groups is 1. The fraction of sp³-hybridized carbons (Fsp3) is 0.500. The van der Waals surface area contributed by atoms with E-state index in [-0.39, 0.29) is 11.2 Å². The van der Waals surface area contributed by atoms with Crippen LogP contribution < -0.4 is 0 Å². The SMILES string of the molecule is O=C(O)C1CCCC1Sc1cccs1. The molecule has 1 N–H and O–H groups in total. The predicted octanol–water partition coefficient (Wildman–Crippen LogP) is 3.09. The molecule has 0 bridgehead atoms. The van der Waals surface area contributed by atoms with Crippen LogP contribution in [0.3, 0.4) is 0 Å². The van der Waals surface area contributed by atoms with Crippen molar-refractivity contribution in [3.05, 3.63) is 17.5 Å². The van der Waals surface area contributed by atoms with Crippen molar-refractivity contribution in [2.75, 3.05) is 0 Å². The molecule has 0 radical (unpaired) electrons. The summed E-state index contributed by atoms with van der Waals surface area (Å²) in [6, 6.07) is 4.07. The summed E-state index contributed by atoms with van der Waals surface area (Å²) in [6.45, 7) is 0. The Hall–Kier alpha value is -0.480. The van der Waals surface area contributed by atoms with Gasteiger partial charge in [-0.3, -0.25) is 4.79 Å². The van der Waals surface area contributed by atoms with Crippen LogP contribution in [0, 0.1) is 5.92 Å². The molecule has 4 heteroatoms. The van der Waals surface area contributed by atoms with Crippen LogP contribution in [-0.2, 0) is 4.79 Å². The molecule has 0 aromatic carbocycles. The molecule has 0 saturated heterocycles. The average Bonchev–Trinajstić information content (AvgIpc) is 2.75. The number of hydrogen-bond acceptors (Lipinski definition) is 3. The number of rotatable bonds is 3. The molecular formula is C10H12O2S2. The number of thioether (sulfide) groups is 1. The summed E-state index contributed by atoms with van der Waals surface area (Å²) in [5, 5.41) is 11.3. The standard InChI is InChI=1S/C10H12O2S2/c11-10(12)7-3-1-4-8(7)14-9-5-2-6-13-9/h2,5-8H,1,3-4H2,(H,11,12). The largest absolute Gasteiger partial charge is 0.481 e. The smallest absolute Gasteiger partial charge is 0.307 e. The lowest BCUT2D eigenvalue weighted by atomic mass is 10.1. The van der Waals surface area contributed by atoms with Crippen molar-refractivity contribution >= 4 is 29.1 Å². The summed E-state index contributed by atoms with van der Waals surface area (Å²) in [4.78, 5) is 10.9. The lowest BCUT2D eigenvalue weighted by Gasteiger charge is -2.13. The maximum absolute atomic E-state index is 10.9. The quantitative estimate of drug-likeness (QED) is 0.863. The molecule has 14 heavy (non-hydrogen) atoms. The second kappa shape index (κ2) is 4.36. The van der Waals surface area contributed by atoms with E-state index in [2.05, 4.69) is 6.07 Å². The molecule has 2 atom stereocenters. The lowest BCUT2D eigenvalue weighted by Crippen LogP contribution is -2.19. The molecule has 76 valence electrons. The van der Waals surface area contributed by atoms with Gasteiger partial charge in [-0.1, -0.05) is 12.5 Å². The summed E-state index contributed by atoms with van der Waals surface area (Å²) in [5.41, 5.74) is 0. The van der Waals surface area contributed by atoms with Crippen LogP contribution in [0.4, 0.5) is 0 Å². The van der Waals surface area contributed by atoms with Crippen LogP contribution in [0.2, 0.25) is 0 Å². The second-order valence-electron chi connectivity index (χ2n) is 3.46. The van der Waals surface area contributed by atoms with E-state index >= 15 is 0 Å². The Kier molecular flexibility index (Phi) is 3.13. The molecule has 2 unspecified atom stereocenters. The molecule has 1 saturated carbocycles. The lowest BCUT2D eigenvalue weighted by molar-refractivity contribution is -0.141. The van der Waals surface area contributed by atoms with Gasteiger partial charge in [0.2, 0.25) is 0 Å². The van der Waals surface area contributed by atoms with Crippen LogP contribution in [0.1, 0.15) is 19.3 Å². The highest BCUT2D eigenvalue weighted by molar-refractivity contribution is 8.01. The monoisotopic (exact) mass is 228 g/mol. The van der Waals surface area contributed by atoms with Crippen LogP contribution in [0.15, 0.2) is 21.7 Å². The predicted molar refractivity (Wildman–Crippen MR) is 58.9 cm³/mol. The van der Waals surface area contributed by atoms with E-state index in [1.165, 1.54) is 4.21 Å². The third-order valence-corrected chi connectivity index (χ3v) is 5.01. The molecule has 1 aromatic heterocycles. The number of hydrogen-bond donors (Lipinski definition) is 1. The molecule has 1 heterocycles. The van der Waals surface area contributed by atoms with Gasteiger partial charge in [0.15, 0.2) is 0 Å². The zero-order valence-corrected chi connectivity index (χ0v) is 9.31. The van der Waals surface area contributed by atoms with Gasteiger partial charge in [-0.15, -0.1) is 23.1 Å². The number of thiophene rings is 1. The Morgan fingerprint density at radius 2 is 2.43 bits per heavy atom. The molecule has 2 rings (SSSR count). The maximum Gasteiger partial charge on any atom is 0.307 e. The normalized spacial score (nSPS) is 26.6. The fourth-order valence-corrected chi connectivity index (χ4v) is 4.19. The first-order chi connectivity index (χ1) is 6.77. The molecule has 0 amide bonds. The fourth-order valence-electron chi connectivity index (χ4n) is 1.83. The molecule has 1 aromatic rings. The topological polar surface area (TPSA) is 37.3 Å². The number of carboxylic acids is 1. The molecule has 1 aliphatic carbocycles. The highest BCUT2D eigenvalue weighted by atomic mass is 32.2. The van der Waals surface area contributed by atoms with Crippen LogP contribution in [0.25, 0.3) is 0 Å². The summed E-state index contributed by atoms with van der Waals surface area (Å²) in [7, 11) is 0. The van der Waals surface area contributed by atoms with Gasteiger partial charge in [-0.25, -0.2) is 0 Å². The van der Waals surface area contributed by atoms with Crippen LogP contribution in [-0.4, -0.2) is 16.3 Å². The van der Waals surface area contributed by atoms with Crippen molar-refractivity contribution in [1.82, 2.24) is 0 Å². The van der Waals surface area contributed by atoms with Gasteiger partial charge in [0.1, 0.15) is 0 Å². The van der Waals surface area contributed by atoms with E-state index in [9.17, 15) is 4.79 Å². The minimum absolute atomic E-state index is 0.137. The van der Waals surface area contributed by atoms with E-state index < -0.39 is 5.97 Å². The zero-order chi connectivity index (χ0) is 9.97. The van der Waals surface area contributed by atoms with Crippen LogP contribution in [0.5, 0.6) is 0 Å². The van der Waals surface area contributed by atoms with E-state index in [0.29, 0.717) is 0 Å². The second-order valence-corrected chi connectivity index (χ2v) is 5.95. The Morgan fingerprint density at radius 1 is 1.57 bits per heavy atom. The zero-order valence-electron chi connectivity index (χ0n) is 7.68. The molecule has 2 nitrogen and oxygen atoms in total. The third-order valence-electron chi connectivity index (χ3n) is 2.53. The molecule has 0 spiro atoms. The van der Waals surface area contributed by atoms with Gasteiger partial charge in [-0.2, -0.15) is 0 Å². The molecular weight excluding hydrogens is 216 g/mol. The van der Waals surface area contributed by atoms with Crippen molar-refractivity contribution in [2.45, 2.75) is 28.7 Å². The van der Waals surface area contributed by atoms with Gasteiger partial charge in [0, 0.05) is 5.25 Å². The van der Waals surface area contributed by atoms with E-state index in [1.54, 1.807) is 23.1 Å². The summed E-state index contributed by atoms with van der Waals surface area (Å²) in [5.74, 6) is -0.765. The highest BCUT2D eigenvalue weighted by Gasteiger charge is 2.33. The van der Waals surface area contributed by atoms with Crippen molar-refractivity contribution < 1.29 is 9.90 Å². The molecule has 1 fully saturated rings. The van der Waals surface area contributed by atoms with Gasteiger partial charge in [-0.05, 0) is 24.3 Å². The average molecular weight is 228 g/mol. The van der Waals surface area contributed by atoms with E-state index in [1.807, 2.05) is 11.4 Å². The summed E-state index contributed by atoms with van der Waals surface area (Å²) < 4.78 is 1.24. The first kappa shape index (κ1) is 10.1. The molecule has 1 aliphatic rings. The van der Waals surface area contributed by atoms with Gasteiger partial charge >= 0.3 is 5.97 Å². The van der Waals surface area contributed by atoms with Crippen molar-refractivity contribution in [3.8, 4) is 0 Å². The van der Waals surface area contributed by atoms with Crippen molar-refractivity contribution in [2.24, 2.45) is 5.92 Å². The Bertz CT molecular complexity index is 308. The minimum Gasteiger partial charge on any atom is -0.481 e. The van der Waals surface area contributed by atoms with Crippen molar-refractivity contribution in [1.29, 1.82) is 0 Å². The summed E-state index contributed by atoms with van der Waals surface area (Å²) in [6.07, 6.45) is 2.94. The first-order valence-corrected chi connectivity index (χ1v) is 6.46. The third kappa shape index (κ3) is 2.12. The Labute approximate surface area is 91.3 Å². The van der Waals surface area contributed by atoms with Gasteiger partial charge in [0.05, 0.1) is 10.1 Å². The highest BCUT2D eigenvalue weighted by Crippen LogP contribution is 2.40. The number of carboxylic acid groups (broad SMARTS) is 1. The Balaban J connectivity index is 2.00.